The standard InChI is InChI=1S/C23H44O2/c1-3-4-5-6-7-8-9-10-11-12-13-14-15-16-17-18-19-20-21-22-23(24)25-2/h10-11H,3-9,12-22H2,1-2H3. The maximum Gasteiger partial charge on any atom is 0.305 e. The second-order valence-electron chi connectivity index (χ2n) is 7.32. The number of esters is 1. The Kier molecular flexibility index (Phi) is 20.6. The molecule has 148 valence electrons. The fourth-order valence-electron chi connectivity index (χ4n) is 3.15. The molecular weight excluding hydrogens is 308 g/mol. The fraction of sp³-hybridized carbons (Fsp3) is 0.870. The normalized spacial score (nSPS) is 11.3. The highest BCUT2D eigenvalue weighted by molar-refractivity contribution is 5.68. The smallest absolute Gasteiger partial charge is 0.305 e. The molecule has 0 aromatic heterocycles. The van der Waals surface area contributed by atoms with Crippen LogP contribution < -0.4 is 0 Å². The van der Waals surface area contributed by atoms with E-state index in [0.29, 0.717) is 6.42 Å². The molecule has 0 radical (unpaired) electrons. The van der Waals surface area contributed by atoms with Crippen LogP contribution >= 0.6 is 0 Å². The largest absolute Gasteiger partial charge is 0.469 e. The Labute approximate surface area is 157 Å². The summed E-state index contributed by atoms with van der Waals surface area (Å²) in [6.45, 7) is 2.28. The van der Waals surface area contributed by atoms with Gasteiger partial charge >= 0.3 is 5.97 Å². The third-order valence-corrected chi connectivity index (χ3v) is 4.87. The number of hydrogen-bond acceptors (Lipinski definition) is 2. The monoisotopic (exact) mass is 352 g/mol. The van der Waals surface area contributed by atoms with Crippen LogP contribution in [0.15, 0.2) is 12.2 Å². The van der Waals surface area contributed by atoms with E-state index in [9.17, 15) is 4.79 Å². The van der Waals surface area contributed by atoms with E-state index in [0.717, 1.165) is 6.42 Å². The zero-order valence-electron chi connectivity index (χ0n) is 17.2. The lowest BCUT2D eigenvalue weighted by atomic mass is 10.1. The molecule has 0 spiro atoms. The molecule has 0 N–H and O–H groups in total. The summed E-state index contributed by atoms with van der Waals surface area (Å²) in [6, 6.07) is 0. The Morgan fingerprint density at radius 1 is 0.640 bits per heavy atom. The summed E-state index contributed by atoms with van der Waals surface area (Å²) in [5.41, 5.74) is 0. The highest BCUT2D eigenvalue weighted by atomic mass is 16.5. The Bertz CT molecular complexity index is 296. The average molecular weight is 353 g/mol. The molecule has 0 unspecified atom stereocenters. The van der Waals surface area contributed by atoms with Gasteiger partial charge in [0.1, 0.15) is 0 Å². The first-order valence-corrected chi connectivity index (χ1v) is 11.0. The number of methoxy groups -OCH3 is 1. The van der Waals surface area contributed by atoms with E-state index < -0.39 is 0 Å². The third kappa shape index (κ3) is 21.2. The summed E-state index contributed by atoms with van der Waals surface area (Å²) in [5.74, 6) is -0.0685. The van der Waals surface area contributed by atoms with Crippen molar-refractivity contribution in [2.45, 2.75) is 122 Å². The van der Waals surface area contributed by atoms with Gasteiger partial charge in [-0.3, -0.25) is 4.79 Å². The van der Waals surface area contributed by atoms with Crippen molar-refractivity contribution in [1.82, 2.24) is 0 Å². The number of hydrogen-bond donors (Lipinski definition) is 0. The molecule has 0 aliphatic heterocycles. The first-order valence-electron chi connectivity index (χ1n) is 11.0. The first-order chi connectivity index (χ1) is 12.3. The number of unbranched alkanes of at least 4 members (excludes halogenated alkanes) is 15. The van der Waals surface area contributed by atoms with Crippen LogP contribution in [0.5, 0.6) is 0 Å². The third-order valence-electron chi connectivity index (χ3n) is 4.87. The zero-order chi connectivity index (χ0) is 18.4. The maximum atomic E-state index is 11.0. The van der Waals surface area contributed by atoms with E-state index in [2.05, 4.69) is 23.8 Å². The van der Waals surface area contributed by atoms with Gasteiger partial charge in [0, 0.05) is 6.42 Å². The van der Waals surface area contributed by atoms with Crippen molar-refractivity contribution in [1.29, 1.82) is 0 Å². The lowest BCUT2D eigenvalue weighted by molar-refractivity contribution is -0.140. The van der Waals surface area contributed by atoms with Crippen LogP contribution in [0, 0.1) is 0 Å². The van der Waals surface area contributed by atoms with E-state index in [1.165, 1.54) is 110 Å². The van der Waals surface area contributed by atoms with E-state index in [1.54, 1.807) is 0 Å². The predicted octanol–water partition coefficient (Wildman–Crippen LogP) is 7.76. The highest BCUT2D eigenvalue weighted by Gasteiger charge is 1.99. The number of ether oxygens (including phenoxy) is 1. The Morgan fingerprint density at radius 3 is 1.48 bits per heavy atom. The summed E-state index contributed by atoms with van der Waals surface area (Å²) in [6.07, 6.45) is 27.9. The SMILES string of the molecule is CCCCCCCCC=CCCCCCCCCCCCC(=O)OC. The molecule has 0 bridgehead atoms. The average Bonchev–Trinajstić information content (AvgIpc) is 2.63. The van der Waals surface area contributed by atoms with Crippen molar-refractivity contribution >= 4 is 5.97 Å². The van der Waals surface area contributed by atoms with Crippen LogP contribution in [0.1, 0.15) is 122 Å². The summed E-state index contributed by atoms with van der Waals surface area (Å²) in [5, 5.41) is 0. The van der Waals surface area contributed by atoms with Crippen molar-refractivity contribution in [3.05, 3.63) is 12.2 Å². The first kappa shape index (κ1) is 24.2. The van der Waals surface area contributed by atoms with Crippen LogP contribution in [0.2, 0.25) is 0 Å². The summed E-state index contributed by atoms with van der Waals surface area (Å²) >= 11 is 0. The molecule has 0 aromatic carbocycles. The molecule has 0 aromatic rings. The number of carbonyl (C=O) groups is 1. The summed E-state index contributed by atoms with van der Waals surface area (Å²) in [7, 11) is 1.47. The van der Waals surface area contributed by atoms with Crippen LogP contribution in [0.25, 0.3) is 0 Å². The number of allylic oxidation sites excluding steroid dienone is 2. The van der Waals surface area contributed by atoms with Crippen molar-refractivity contribution in [3.63, 3.8) is 0 Å². The lowest BCUT2D eigenvalue weighted by Gasteiger charge is -2.02. The minimum Gasteiger partial charge on any atom is -0.469 e. The summed E-state index contributed by atoms with van der Waals surface area (Å²) < 4.78 is 4.64. The van der Waals surface area contributed by atoms with Crippen LogP contribution in [-0.2, 0) is 9.53 Å². The Balaban J connectivity index is 3.08. The van der Waals surface area contributed by atoms with E-state index in [-0.39, 0.29) is 5.97 Å². The molecule has 0 saturated carbocycles. The van der Waals surface area contributed by atoms with Gasteiger partial charge in [-0.1, -0.05) is 96.1 Å². The van der Waals surface area contributed by atoms with Gasteiger partial charge in [0.05, 0.1) is 7.11 Å². The van der Waals surface area contributed by atoms with Crippen molar-refractivity contribution < 1.29 is 9.53 Å². The molecule has 0 amide bonds. The van der Waals surface area contributed by atoms with Crippen LogP contribution in [0.3, 0.4) is 0 Å². The minimum atomic E-state index is -0.0685. The second-order valence-corrected chi connectivity index (χ2v) is 7.32. The van der Waals surface area contributed by atoms with Gasteiger partial charge in [-0.05, 0) is 32.1 Å². The molecule has 0 fully saturated rings. The van der Waals surface area contributed by atoms with Gasteiger partial charge in [0.15, 0.2) is 0 Å². The van der Waals surface area contributed by atoms with Crippen LogP contribution in [0.4, 0.5) is 0 Å². The van der Waals surface area contributed by atoms with E-state index in [4.69, 9.17) is 0 Å². The molecule has 0 heterocycles. The van der Waals surface area contributed by atoms with Gasteiger partial charge in [-0.25, -0.2) is 0 Å². The zero-order valence-corrected chi connectivity index (χ0v) is 17.2. The van der Waals surface area contributed by atoms with E-state index in [1.807, 2.05) is 0 Å². The molecule has 0 saturated heterocycles. The molecule has 2 nitrogen and oxygen atoms in total. The van der Waals surface area contributed by atoms with Gasteiger partial charge < -0.3 is 4.74 Å². The molecule has 0 aliphatic carbocycles. The molecule has 0 aliphatic rings. The van der Waals surface area contributed by atoms with Crippen molar-refractivity contribution in [3.8, 4) is 0 Å². The molecule has 2 heteroatoms. The predicted molar refractivity (Wildman–Crippen MR) is 110 cm³/mol. The van der Waals surface area contributed by atoms with Crippen LogP contribution in [-0.4, -0.2) is 13.1 Å². The highest BCUT2D eigenvalue weighted by Crippen LogP contribution is 2.12. The Hall–Kier alpha value is -0.790. The van der Waals surface area contributed by atoms with Gasteiger partial charge in [-0.2, -0.15) is 0 Å². The second kappa shape index (κ2) is 21.3. The van der Waals surface area contributed by atoms with Crippen molar-refractivity contribution in [2.75, 3.05) is 7.11 Å². The lowest BCUT2D eigenvalue weighted by Crippen LogP contribution is -1.99. The Morgan fingerprint density at radius 2 is 1.04 bits per heavy atom. The molecular formula is C23H44O2. The number of carbonyl (C=O) groups excluding carboxylic acids is 1. The summed E-state index contributed by atoms with van der Waals surface area (Å²) in [4.78, 5) is 11.0. The fourth-order valence-corrected chi connectivity index (χ4v) is 3.15. The molecule has 25 heavy (non-hydrogen) atoms. The van der Waals surface area contributed by atoms with E-state index >= 15 is 0 Å². The topological polar surface area (TPSA) is 26.3 Å². The molecule has 0 rings (SSSR count). The van der Waals surface area contributed by atoms with Gasteiger partial charge in [0.2, 0.25) is 0 Å². The number of rotatable bonds is 19. The quantitative estimate of drug-likeness (QED) is 0.135. The molecule has 0 atom stereocenters. The van der Waals surface area contributed by atoms with Gasteiger partial charge in [-0.15, -0.1) is 0 Å². The van der Waals surface area contributed by atoms with Crippen molar-refractivity contribution in [2.24, 2.45) is 0 Å². The maximum absolute atomic E-state index is 11.0. The van der Waals surface area contributed by atoms with Gasteiger partial charge in [0.25, 0.3) is 0 Å². The minimum absolute atomic E-state index is 0.0685.